The number of amides is 1. The monoisotopic (exact) mass is 353 g/mol. The average Bonchev–Trinajstić information content (AvgIpc) is 2.91. The van der Waals surface area contributed by atoms with Gasteiger partial charge >= 0.3 is 12.1 Å². The molecule has 6 atom stereocenters. The normalized spacial score (nSPS) is 43.2. The smallest absolute Gasteiger partial charge is 0.407 e. The second kappa shape index (κ2) is 6.45. The van der Waals surface area contributed by atoms with Gasteiger partial charge in [0.1, 0.15) is 12.2 Å². The number of carbonyl (C=O) groups is 2. The standard InChI is InChI=1S/C19H31NO5/c1-11(2)20-17(23)25-15-7-8-18(3)12-9-16(22)24-13(12)5-6-14(18)19(15,4)10-21/h11-15,21H,5-10H2,1-4H3,(H,20,23)/t12-,13-,14+,15-,18+,19+/m1/s1. The van der Waals surface area contributed by atoms with Gasteiger partial charge in [0.25, 0.3) is 0 Å². The maximum Gasteiger partial charge on any atom is 0.407 e. The first-order chi connectivity index (χ1) is 11.7. The molecule has 6 nitrogen and oxygen atoms in total. The minimum atomic E-state index is -0.502. The Balaban J connectivity index is 1.82. The van der Waals surface area contributed by atoms with E-state index in [2.05, 4.69) is 12.2 Å². The molecule has 25 heavy (non-hydrogen) atoms. The Morgan fingerprint density at radius 2 is 2.08 bits per heavy atom. The van der Waals surface area contributed by atoms with Crippen molar-refractivity contribution in [2.45, 2.75) is 78.0 Å². The molecule has 2 saturated carbocycles. The molecule has 0 unspecified atom stereocenters. The molecule has 1 aliphatic heterocycles. The number of carbonyl (C=O) groups excluding carboxylic acids is 2. The molecular weight excluding hydrogens is 322 g/mol. The lowest BCUT2D eigenvalue weighted by Gasteiger charge is -2.59. The van der Waals surface area contributed by atoms with Crippen LogP contribution in [-0.4, -0.2) is 42.0 Å². The van der Waals surface area contributed by atoms with Crippen molar-refractivity contribution >= 4 is 12.1 Å². The fourth-order valence-corrected chi connectivity index (χ4v) is 5.69. The second-order valence-electron chi connectivity index (χ2n) is 8.87. The summed E-state index contributed by atoms with van der Waals surface area (Å²) >= 11 is 0. The van der Waals surface area contributed by atoms with E-state index in [0.29, 0.717) is 12.8 Å². The minimum absolute atomic E-state index is 0.0124. The third kappa shape index (κ3) is 3.03. The van der Waals surface area contributed by atoms with Crippen LogP contribution in [-0.2, 0) is 14.3 Å². The van der Waals surface area contributed by atoms with Crippen molar-refractivity contribution in [1.29, 1.82) is 0 Å². The predicted molar refractivity (Wildman–Crippen MR) is 91.8 cm³/mol. The highest BCUT2D eigenvalue weighted by atomic mass is 16.6. The van der Waals surface area contributed by atoms with E-state index in [1.807, 2.05) is 20.8 Å². The largest absolute Gasteiger partial charge is 0.462 e. The van der Waals surface area contributed by atoms with Gasteiger partial charge in [0.05, 0.1) is 13.0 Å². The number of aliphatic hydroxyl groups is 1. The molecule has 0 spiro atoms. The molecule has 1 heterocycles. The molecule has 6 heteroatoms. The van der Waals surface area contributed by atoms with E-state index in [0.717, 1.165) is 19.3 Å². The molecule has 2 aliphatic carbocycles. The van der Waals surface area contributed by atoms with E-state index in [1.54, 1.807) is 0 Å². The number of fused-ring (bicyclic) bond motifs is 3. The summed E-state index contributed by atoms with van der Waals surface area (Å²) in [6.07, 6.45) is 3.04. The molecule has 0 radical (unpaired) electrons. The Morgan fingerprint density at radius 3 is 2.72 bits per heavy atom. The van der Waals surface area contributed by atoms with E-state index < -0.39 is 11.5 Å². The number of aliphatic hydroxyl groups excluding tert-OH is 1. The van der Waals surface area contributed by atoms with Crippen LogP contribution in [0.25, 0.3) is 0 Å². The van der Waals surface area contributed by atoms with Gasteiger partial charge in [0.2, 0.25) is 0 Å². The van der Waals surface area contributed by atoms with Crippen molar-refractivity contribution in [2.75, 3.05) is 6.61 Å². The Labute approximate surface area is 149 Å². The number of ether oxygens (including phenoxy) is 2. The van der Waals surface area contributed by atoms with Gasteiger partial charge in [-0.3, -0.25) is 4.79 Å². The lowest BCUT2D eigenvalue weighted by atomic mass is 9.46. The van der Waals surface area contributed by atoms with Crippen molar-refractivity contribution < 1.29 is 24.2 Å². The first-order valence-electron chi connectivity index (χ1n) is 9.48. The number of hydrogen-bond acceptors (Lipinski definition) is 5. The van der Waals surface area contributed by atoms with Crippen LogP contribution in [0.15, 0.2) is 0 Å². The number of rotatable bonds is 3. The van der Waals surface area contributed by atoms with E-state index >= 15 is 0 Å². The van der Waals surface area contributed by atoms with Crippen molar-refractivity contribution in [2.24, 2.45) is 22.7 Å². The average molecular weight is 353 g/mol. The van der Waals surface area contributed by atoms with Crippen LogP contribution >= 0.6 is 0 Å². The summed E-state index contributed by atoms with van der Waals surface area (Å²) in [4.78, 5) is 23.9. The molecule has 3 aliphatic rings. The van der Waals surface area contributed by atoms with E-state index in [4.69, 9.17) is 9.47 Å². The maximum absolute atomic E-state index is 12.1. The zero-order valence-corrected chi connectivity index (χ0v) is 15.7. The van der Waals surface area contributed by atoms with Crippen LogP contribution in [0.4, 0.5) is 4.79 Å². The summed E-state index contributed by atoms with van der Waals surface area (Å²) in [5, 5.41) is 13.0. The van der Waals surface area contributed by atoms with Gasteiger partial charge in [-0.25, -0.2) is 4.79 Å². The maximum atomic E-state index is 12.1. The highest BCUT2D eigenvalue weighted by molar-refractivity contribution is 5.72. The first-order valence-corrected chi connectivity index (χ1v) is 9.48. The number of alkyl carbamates (subject to hydrolysis) is 1. The quantitative estimate of drug-likeness (QED) is 0.762. The van der Waals surface area contributed by atoms with Crippen molar-refractivity contribution in [3.05, 3.63) is 0 Å². The summed E-state index contributed by atoms with van der Waals surface area (Å²) in [7, 11) is 0. The summed E-state index contributed by atoms with van der Waals surface area (Å²) in [6.45, 7) is 8.01. The van der Waals surface area contributed by atoms with Gasteiger partial charge in [-0.1, -0.05) is 13.8 Å². The Hall–Kier alpha value is -1.30. The van der Waals surface area contributed by atoms with Gasteiger partial charge in [-0.15, -0.1) is 0 Å². The number of esters is 1. The summed E-state index contributed by atoms with van der Waals surface area (Å²) in [5.74, 6) is 0.304. The molecule has 1 saturated heterocycles. The molecule has 2 N–H and O–H groups in total. The summed E-state index contributed by atoms with van der Waals surface area (Å²) in [6, 6.07) is 0.0128. The van der Waals surface area contributed by atoms with Crippen molar-refractivity contribution in [1.82, 2.24) is 5.32 Å². The second-order valence-corrected chi connectivity index (χ2v) is 8.87. The van der Waals surface area contributed by atoms with Gasteiger partial charge < -0.3 is 19.9 Å². The summed E-state index contributed by atoms with van der Waals surface area (Å²) in [5.41, 5.74) is -0.571. The minimum Gasteiger partial charge on any atom is -0.462 e. The topological polar surface area (TPSA) is 84.9 Å². The third-order valence-electron chi connectivity index (χ3n) is 6.97. The van der Waals surface area contributed by atoms with Gasteiger partial charge in [0.15, 0.2) is 0 Å². The highest BCUT2D eigenvalue weighted by Crippen LogP contribution is 2.62. The molecule has 0 aromatic carbocycles. The summed E-state index contributed by atoms with van der Waals surface area (Å²) < 4.78 is 11.2. The molecule has 0 aromatic rings. The van der Waals surface area contributed by atoms with Crippen LogP contribution in [0.3, 0.4) is 0 Å². The molecule has 0 aromatic heterocycles. The Morgan fingerprint density at radius 1 is 1.36 bits per heavy atom. The van der Waals surface area contributed by atoms with E-state index in [1.165, 1.54) is 0 Å². The van der Waals surface area contributed by atoms with Crippen LogP contribution in [0, 0.1) is 22.7 Å². The fraction of sp³-hybridized carbons (Fsp3) is 0.895. The zero-order valence-electron chi connectivity index (χ0n) is 15.7. The fourth-order valence-electron chi connectivity index (χ4n) is 5.69. The molecule has 0 bridgehead atoms. The van der Waals surface area contributed by atoms with Crippen LogP contribution in [0.2, 0.25) is 0 Å². The number of hydrogen-bond donors (Lipinski definition) is 2. The molecular formula is C19H31NO5. The Kier molecular flexibility index (Phi) is 4.77. The predicted octanol–water partition coefficient (Wildman–Crippen LogP) is 2.63. The lowest BCUT2D eigenvalue weighted by Crippen LogP contribution is -2.60. The molecule has 3 rings (SSSR count). The lowest BCUT2D eigenvalue weighted by molar-refractivity contribution is -0.175. The van der Waals surface area contributed by atoms with E-state index in [9.17, 15) is 14.7 Å². The molecule has 3 fully saturated rings. The van der Waals surface area contributed by atoms with Crippen molar-refractivity contribution in [3.63, 3.8) is 0 Å². The zero-order chi connectivity index (χ0) is 18.4. The van der Waals surface area contributed by atoms with Crippen LogP contribution < -0.4 is 5.32 Å². The van der Waals surface area contributed by atoms with Gasteiger partial charge in [-0.2, -0.15) is 0 Å². The molecule has 142 valence electrons. The van der Waals surface area contributed by atoms with Crippen LogP contribution in [0.5, 0.6) is 0 Å². The van der Waals surface area contributed by atoms with Crippen molar-refractivity contribution in [3.8, 4) is 0 Å². The first kappa shape index (κ1) is 18.5. The van der Waals surface area contributed by atoms with Gasteiger partial charge in [0, 0.05) is 17.4 Å². The molecule has 1 amide bonds. The Bertz CT molecular complexity index is 550. The number of nitrogens with one attached hydrogen (secondary N) is 1. The van der Waals surface area contributed by atoms with Gasteiger partial charge in [-0.05, 0) is 50.9 Å². The highest BCUT2D eigenvalue weighted by Gasteiger charge is 2.62. The van der Waals surface area contributed by atoms with Crippen LogP contribution in [0.1, 0.15) is 59.8 Å². The third-order valence-corrected chi connectivity index (χ3v) is 6.97. The SMILES string of the molecule is CC(C)NC(=O)O[C@@H]1CC[C@]2(C)[C@H](CC[C@H]3OC(=O)C[C@H]32)[C@]1(C)CO. The van der Waals surface area contributed by atoms with E-state index in [-0.39, 0.29) is 48.1 Å².